The number of ether oxygens (including phenoxy) is 1. The van der Waals surface area contributed by atoms with Crippen LogP contribution >= 0.6 is 0 Å². The molecule has 0 N–H and O–H groups in total. The summed E-state index contributed by atoms with van der Waals surface area (Å²) in [7, 11) is 1.58. The zero-order valence-corrected chi connectivity index (χ0v) is 15.1. The first-order valence-electron chi connectivity index (χ1n) is 8.70. The summed E-state index contributed by atoms with van der Waals surface area (Å²) in [5.41, 5.74) is 2.47. The number of carbonyl (C=O) groups excluding carboxylic acids is 2. The summed E-state index contributed by atoms with van der Waals surface area (Å²) in [5.74, 6) is 0.383. The molecule has 5 nitrogen and oxygen atoms in total. The molecule has 0 atom stereocenters. The van der Waals surface area contributed by atoms with Crippen molar-refractivity contribution in [3.8, 4) is 5.75 Å². The summed E-state index contributed by atoms with van der Waals surface area (Å²) in [6, 6.07) is 21.0. The highest BCUT2D eigenvalue weighted by atomic mass is 16.5. The van der Waals surface area contributed by atoms with E-state index in [2.05, 4.69) is 9.97 Å². The topological polar surface area (TPSA) is 69.2 Å². The highest BCUT2D eigenvalue weighted by molar-refractivity contribution is 6.16. The lowest BCUT2D eigenvalue weighted by Gasteiger charge is -2.07. The molecule has 1 heterocycles. The number of methoxy groups -OCH3 is 1. The van der Waals surface area contributed by atoms with Crippen molar-refractivity contribution in [2.24, 2.45) is 0 Å². The van der Waals surface area contributed by atoms with Gasteiger partial charge in [-0.1, -0.05) is 36.4 Å². The first kappa shape index (κ1) is 17.5. The van der Waals surface area contributed by atoms with Crippen LogP contribution in [0.15, 0.2) is 79.1 Å². The molecule has 3 aromatic carbocycles. The van der Waals surface area contributed by atoms with Crippen molar-refractivity contribution in [2.75, 3.05) is 7.11 Å². The van der Waals surface area contributed by atoms with Gasteiger partial charge in [-0.2, -0.15) is 0 Å². The molecule has 4 aromatic rings. The fourth-order valence-corrected chi connectivity index (χ4v) is 3.01. The van der Waals surface area contributed by atoms with Crippen molar-refractivity contribution in [2.45, 2.75) is 0 Å². The highest BCUT2D eigenvalue weighted by Gasteiger charge is 2.16. The molecule has 1 aromatic heterocycles. The number of carbonyl (C=O) groups is 2. The van der Waals surface area contributed by atoms with Crippen molar-refractivity contribution in [3.05, 3.63) is 102 Å². The minimum Gasteiger partial charge on any atom is -0.497 e. The average molecular weight is 368 g/mol. The lowest BCUT2D eigenvalue weighted by molar-refractivity contribution is 0.103. The van der Waals surface area contributed by atoms with E-state index in [-0.39, 0.29) is 11.6 Å². The quantitative estimate of drug-likeness (QED) is 0.496. The SMILES string of the molecule is COc1ccc(C(=O)c2ccc3c(C(=O)c4ccccc4)ncnc3c2)cc1. The molecule has 5 heteroatoms. The van der Waals surface area contributed by atoms with Crippen LogP contribution in [-0.4, -0.2) is 28.6 Å². The summed E-state index contributed by atoms with van der Waals surface area (Å²) < 4.78 is 5.12. The molecule has 0 aliphatic heterocycles. The largest absolute Gasteiger partial charge is 0.497 e. The zero-order valence-electron chi connectivity index (χ0n) is 15.1. The van der Waals surface area contributed by atoms with Crippen LogP contribution in [0.5, 0.6) is 5.75 Å². The standard InChI is InChI=1S/C23H16N2O3/c1-28-18-10-7-16(8-11-18)22(26)17-9-12-19-20(13-17)24-14-25-21(19)23(27)15-5-3-2-4-6-15/h2-14H,1H3. The molecule has 28 heavy (non-hydrogen) atoms. The van der Waals surface area contributed by atoms with E-state index in [1.165, 1.54) is 6.33 Å². The van der Waals surface area contributed by atoms with Crippen LogP contribution in [0.2, 0.25) is 0 Å². The van der Waals surface area contributed by atoms with Gasteiger partial charge in [0.2, 0.25) is 5.78 Å². The molecule has 0 saturated carbocycles. The van der Waals surface area contributed by atoms with Crippen molar-refractivity contribution >= 4 is 22.5 Å². The Balaban J connectivity index is 1.72. The van der Waals surface area contributed by atoms with Crippen LogP contribution in [0.25, 0.3) is 10.9 Å². The van der Waals surface area contributed by atoms with Crippen LogP contribution in [0.1, 0.15) is 32.0 Å². The summed E-state index contributed by atoms with van der Waals surface area (Å²) >= 11 is 0. The van der Waals surface area contributed by atoms with Crippen LogP contribution in [-0.2, 0) is 0 Å². The highest BCUT2D eigenvalue weighted by Crippen LogP contribution is 2.22. The number of benzene rings is 3. The number of nitrogens with zero attached hydrogens (tertiary/aromatic N) is 2. The van der Waals surface area contributed by atoms with Gasteiger partial charge in [0, 0.05) is 22.1 Å². The monoisotopic (exact) mass is 368 g/mol. The zero-order chi connectivity index (χ0) is 19.5. The summed E-state index contributed by atoms with van der Waals surface area (Å²) in [6.45, 7) is 0. The second kappa shape index (κ2) is 7.40. The Kier molecular flexibility index (Phi) is 4.64. The molecule has 136 valence electrons. The third kappa shape index (κ3) is 3.25. The fraction of sp³-hybridized carbons (Fsp3) is 0.0435. The minimum absolute atomic E-state index is 0.126. The van der Waals surface area contributed by atoms with E-state index in [0.29, 0.717) is 39.0 Å². The van der Waals surface area contributed by atoms with Gasteiger partial charge in [-0.3, -0.25) is 9.59 Å². The van der Waals surface area contributed by atoms with E-state index < -0.39 is 0 Å². The molecule has 0 aliphatic carbocycles. The maximum Gasteiger partial charge on any atom is 0.212 e. The molecular weight excluding hydrogens is 352 g/mol. The number of aromatic nitrogens is 2. The summed E-state index contributed by atoms with van der Waals surface area (Å²) in [4.78, 5) is 34.0. The predicted molar refractivity (Wildman–Crippen MR) is 106 cm³/mol. The fourth-order valence-electron chi connectivity index (χ4n) is 3.01. The van der Waals surface area contributed by atoms with Gasteiger partial charge in [-0.05, 0) is 36.4 Å². The molecule has 0 saturated heterocycles. The van der Waals surface area contributed by atoms with Crippen molar-refractivity contribution in [1.82, 2.24) is 9.97 Å². The Labute approximate surface area is 161 Å². The Morgan fingerprint density at radius 2 is 1.43 bits per heavy atom. The van der Waals surface area contributed by atoms with E-state index >= 15 is 0 Å². The summed E-state index contributed by atoms with van der Waals surface area (Å²) in [5, 5.41) is 0.614. The van der Waals surface area contributed by atoms with Gasteiger partial charge in [0.05, 0.1) is 12.6 Å². The molecule has 0 aliphatic rings. The van der Waals surface area contributed by atoms with E-state index in [1.807, 2.05) is 18.2 Å². The van der Waals surface area contributed by atoms with Gasteiger partial charge >= 0.3 is 0 Å². The van der Waals surface area contributed by atoms with Gasteiger partial charge in [0.15, 0.2) is 5.78 Å². The van der Waals surface area contributed by atoms with Crippen molar-refractivity contribution in [3.63, 3.8) is 0 Å². The first-order valence-corrected chi connectivity index (χ1v) is 8.70. The molecule has 0 unspecified atom stereocenters. The number of fused-ring (bicyclic) bond motifs is 1. The second-order valence-electron chi connectivity index (χ2n) is 6.21. The molecular formula is C23H16N2O3. The number of ketones is 2. The Bertz CT molecular complexity index is 1170. The lowest BCUT2D eigenvalue weighted by Crippen LogP contribution is -2.07. The number of rotatable bonds is 5. The molecule has 4 rings (SSSR count). The Hall–Kier alpha value is -3.86. The Morgan fingerprint density at radius 1 is 0.750 bits per heavy atom. The molecule has 0 bridgehead atoms. The third-order valence-corrected chi connectivity index (χ3v) is 4.50. The van der Waals surface area contributed by atoms with E-state index in [9.17, 15) is 9.59 Å². The van der Waals surface area contributed by atoms with Gasteiger partial charge in [0.1, 0.15) is 17.8 Å². The van der Waals surface area contributed by atoms with Crippen LogP contribution in [0, 0.1) is 0 Å². The van der Waals surface area contributed by atoms with Gasteiger partial charge < -0.3 is 4.74 Å². The molecule has 0 amide bonds. The second-order valence-corrected chi connectivity index (χ2v) is 6.21. The molecule has 0 spiro atoms. The number of hydrogen-bond donors (Lipinski definition) is 0. The Morgan fingerprint density at radius 3 is 2.14 bits per heavy atom. The van der Waals surface area contributed by atoms with Gasteiger partial charge in [-0.25, -0.2) is 9.97 Å². The minimum atomic E-state index is -0.178. The molecule has 0 radical (unpaired) electrons. The predicted octanol–water partition coefficient (Wildman–Crippen LogP) is 4.10. The van der Waals surface area contributed by atoms with Gasteiger partial charge in [-0.15, -0.1) is 0 Å². The lowest BCUT2D eigenvalue weighted by atomic mass is 9.99. The molecule has 0 fully saturated rings. The van der Waals surface area contributed by atoms with Gasteiger partial charge in [0.25, 0.3) is 0 Å². The average Bonchev–Trinajstić information content (AvgIpc) is 2.78. The smallest absolute Gasteiger partial charge is 0.212 e. The van der Waals surface area contributed by atoms with Crippen LogP contribution in [0.4, 0.5) is 0 Å². The third-order valence-electron chi connectivity index (χ3n) is 4.50. The van der Waals surface area contributed by atoms with E-state index in [1.54, 1.807) is 61.7 Å². The van der Waals surface area contributed by atoms with E-state index in [4.69, 9.17) is 4.74 Å². The van der Waals surface area contributed by atoms with Crippen LogP contribution in [0.3, 0.4) is 0 Å². The number of hydrogen-bond acceptors (Lipinski definition) is 5. The normalized spacial score (nSPS) is 10.6. The summed E-state index contributed by atoms with van der Waals surface area (Å²) in [6.07, 6.45) is 1.35. The van der Waals surface area contributed by atoms with Crippen LogP contribution < -0.4 is 4.74 Å². The van der Waals surface area contributed by atoms with Crippen molar-refractivity contribution in [1.29, 1.82) is 0 Å². The van der Waals surface area contributed by atoms with E-state index in [0.717, 1.165) is 0 Å². The van der Waals surface area contributed by atoms with Crippen molar-refractivity contribution < 1.29 is 14.3 Å². The maximum absolute atomic E-state index is 12.8. The first-order chi connectivity index (χ1) is 13.7. The maximum atomic E-state index is 12.8.